The van der Waals surface area contributed by atoms with E-state index < -0.39 is 23.0 Å². The van der Waals surface area contributed by atoms with Crippen LogP contribution in [0, 0.1) is 6.92 Å². The Morgan fingerprint density at radius 1 is 1.23 bits per heavy atom. The molecule has 0 amide bonds. The second-order valence-corrected chi connectivity index (χ2v) is 2.57. The first-order valence-electron chi connectivity index (χ1n) is 3.43. The predicted molar refractivity (Wildman–Crippen MR) is 43.1 cm³/mol. The van der Waals surface area contributed by atoms with Crippen LogP contribution in [0.3, 0.4) is 0 Å². The maximum absolute atomic E-state index is 10.5. The van der Waals surface area contributed by atoms with Crippen LogP contribution in [0.2, 0.25) is 0 Å². The van der Waals surface area contributed by atoms with Crippen molar-refractivity contribution in [1.82, 2.24) is 0 Å². The maximum Gasteiger partial charge on any atom is 0.343 e. The molecule has 4 N–H and O–H groups in total. The fourth-order valence-corrected chi connectivity index (χ4v) is 0.951. The Balaban J connectivity index is 3.53. The molecular weight excluding hydrogens is 176 g/mol. The van der Waals surface area contributed by atoms with E-state index in [1.54, 1.807) is 0 Å². The summed E-state index contributed by atoms with van der Waals surface area (Å²) in [5.74, 6) is -3.07. The van der Waals surface area contributed by atoms with Gasteiger partial charge in [-0.2, -0.15) is 0 Å². The van der Waals surface area contributed by atoms with E-state index in [-0.39, 0.29) is 11.3 Å². The number of aromatic carboxylic acids is 1. The van der Waals surface area contributed by atoms with E-state index in [4.69, 9.17) is 15.3 Å². The van der Waals surface area contributed by atoms with E-state index in [2.05, 4.69) is 0 Å². The highest BCUT2D eigenvalue weighted by Crippen LogP contribution is 2.36. The number of phenols is 3. The molecule has 0 spiro atoms. The first-order valence-corrected chi connectivity index (χ1v) is 3.43. The fraction of sp³-hybridized carbons (Fsp3) is 0.125. The molecule has 5 nitrogen and oxygen atoms in total. The monoisotopic (exact) mass is 184 g/mol. The van der Waals surface area contributed by atoms with Gasteiger partial charge >= 0.3 is 5.97 Å². The Labute approximate surface area is 73.5 Å². The van der Waals surface area contributed by atoms with Crippen molar-refractivity contribution in [3.8, 4) is 17.2 Å². The normalized spacial score (nSPS) is 9.92. The minimum absolute atomic E-state index is 0.0233. The summed E-state index contributed by atoms with van der Waals surface area (Å²) in [5.41, 5.74) is -0.578. The minimum atomic E-state index is -1.45. The molecule has 1 aromatic carbocycles. The molecule has 1 rings (SSSR count). The summed E-state index contributed by atoms with van der Waals surface area (Å²) in [6, 6.07) is 0.874. The van der Waals surface area contributed by atoms with Crippen LogP contribution in [-0.4, -0.2) is 26.4 Å². The molecule has 13 heavy (non-hydrogen) atoms. The van der Waals surface area contributed by atoms with Gasteiger partial charge in [-0.25, -0.2) is 4.79 Å². The second-order valence-electron chi connectivity index (χ2n) is 2.57. The van der Waals surface area contributed by atoms with Gasteiger partial charge in [-0.05, 0) is 6.92 Å². The Hall–Kier alpha value is -1.91. The lowest BCUT2D eigenvalue weighted by molar-refractivity contribution is 0.0690. The smallest absolute Gasteiger partial charge is 0.343 e. The lowest BCUT2D eigenvalue weighted by Gasteiger charge is -2.07. The summed E-state index contributed by atoms with van der Waals surface area (Å²) in [5, 5.41) is 35.9. The lowest BCUT2D eigenvalue weighted by Crippen LogP contribution is -1.98. The first-order chi connectivity index (χ1) is 5.95. The van der Waals surface area contributed by atoms with Gasteiger partial charge in [-0.1, -0.05) is 0 Å². The summed E-state index contributed by atoms with van der Waals surface area (Å²) in [6.07, 6.45) is 0. The highest BCUT2D eigenvalue weighted by atomic mass is 16.4. The van der Waals surface area contributed by atoms with Gasteiger partial charge in [0, 0.05) is 11.6 Å². The molecule has 0 aliphatic carbocycles. The summed E-state index contributed by atoms with van der Waals surface area (Å²) in [6.45, 7) is 1.34. The highest BCUT2D eigenvalue weighted by molar-refractivity contribution is 5.94. The predicted octanol–water partition coefficient (Wildman–Crippen LogP) is 0.810. The average molecular weight is 184 g/mol. The molecule has 0 atom stereocenters. The summed E-state index contributed by atoms with van der Waals surface area (Å²) >= 11 is 0. The van der Waals surface area contributed by atoms with Crippen LogP contribution in [0.1, 0.15) is 15.9 Å². The number of hydrogen-bond donors (Lipinski definition) is 4. The van der Waals surface area contributed by atoms with Gasteiger partial charge in [0.2, 0.25) is 0 Å². The number of aromatic hydroxyl groups is 3. The maximum atomic E-state index is 10.5. The van der Waals surface area contributed by atoms with E-state index in [1.165, 1.54) is 6.92 Å². The van der Waals surface area contributed by atoms with Crippen LogP contribution in [0.5, 0.6) is 17.2 Å². The van der Waals surface area contributed by atoms with Crippen molar-refractivity contribution < 1.29 is 25.2 Å². The highest BCUT2D eigenvalue weighted by Gasteiger charge is 2.19. The van der Waals surface area contributed by atoms with Crippen molar-refractivity contribution in [3.63, 3.8) is 0 Å². The van der Waals surface area contributed by atoms with Gasteiger partial charge in [0.25, 0.3) is 0 Å². The summed E-state index contributed by atoms with van der Waals surface area (Å²) in [7, 11) is 0. The van der Waals surface area contributed by atoms with Crippen molar-refractivity contribution in [2.24, 2.45) is 0 Å². The third-order valence-corrected chi connectivity index (χ3v) is 1.72. The summed E-state index contributed by atoms with van der Waals surface area (Å²) < 4.78 is 0. The van der Waals surface area contributed by atoms with Gasteiger partial charge < -0.3 is 20.4 Å². The molecule has 0 fully saturated rings. The van der Waals surface area contributed by atoms with Crippen LogP contribution < -0.4 is 0 Å². The van der Waals surface area contributed by atoms with E-state index in [1.807, 2.05) is 0 Å². The Morgan fingerprint density at radius 2 is 1.77 bits per heavy atom. The molecule has 0 aliphatic heterocycles. The standard InChI is InChI=1S/C8H8O5/c1-3-4(9)2-5(10)6(7(3)11)8(12)13/h2,9-11H,1H3,(H,12,13). The van der Waals surface area contributed by atoms with Crippen LogP contribution in [0.25, 0.3) is 0 Å². The van der Waals surface area contributed by atoms with Gasteiger partial charge in [-0.3, -0.25) is 0 Å². The van der Waals surface area contributed by atoms with Gasteiger partial charge in [0.05, 0.1) is 0 Å². The van der Waals surface area contributed by atoms with Crippen LogP contribution >= 0.6 is 0 Å². The molecule has 0 heterocycles. The molecule has 0 saturated heterocycles. The van der Waals surface area contributed by atoms with Gasteiger partial charge in [-0.15, -0.1) is 0 Å². The molecule has 0 unspecified atom stereocenters. The Kier molecular flexibility index (Phi) is 2.02. The number of carboxylic acid groups (broad SMARTS) is 1. The van der Waals surface area contributed by atoms with E-state index in [0.717, 1.165) is 6.07 Å². The Morgan fingerprint density at radius 3 is 2.23 bits per heavy atom. The number of carbonyl (C=O) groups is 1. The zero-order valence-corrected chi connectivity index (χ0v) is 6.77. The number of phenolic OH excluding ortho intramolecular Hbond substituents is 1. The lowest BCUT2D eigenvalue weighted by atomic mass is 10.1. The number of rotatable bonds is 1. The van der Waals surface area contributed by atoms with E-state index in [0.29, 0.717) is 0 Å². The molecule has 0 radical (unpaired) electrons. The van der Waals surface area contributed by atoms with Crippen molar-refractivity contribution in [3.05, 3.63) is 17.2 Å². The zero-order valence-electron chi connectivity index (χ0n) is 6.77. The topological polar surface area (TPSA) is 98.0 Å². The zero-order chi connectivity index (χ0) is 10.2. The molecule has 0 aliphatic rings. The van der Waals surface area contributed by atoms with Crippen LogP contribution in [0.4, 0.5) is 0 Å². The molecule has 70 valence electrons. The van der Waals surface area contributed by atoms with Crippen molar-refractivity contribution in [1.29, 1.82) is 0 Å². The third kappa shape index (κ3) is 1.35. The largest absolute Gasteiger partial charge is 0.507 e. The fourth-order valence-electron chi connectivity index (χ4n) is 0.951. The Bertz CT molecular complexity index is 369. The number of hydrogen-bond acceptors (Lipinski definition) is 4. The third-order valence-electron chi connectivity index (χ3n) is 1.72. The van der Waals surface area contributed by atoms with Crippen molar-refractivity contribution in [2.45, 2.75) is 6.92 Å². The molecule has 0 bridgehead atoms. The average Bonchev–Trinajstić information content (AvgIpc) is 1.99. The van der Waals surface area contributed by atoms with E-state index in [9.17, 15) is 9.90 Å². The minimum Gasteiger partial charge on any atom is -0.507 e. The quantitative estimate of drug-likeness (QED) is 0.517. The van der Waals surface area contributed by atoms with Gasteiger partial charge in [0.1, 0.15) is 22.8 Å². The molecule has 0 saturated carbocycles. The van der Waals surface area contributed by atoms with Crippen LogP contribution in [-0.2, 0) is 0 Å². The van der Waals surface area contributed by atoms with Crippen LogP contribution in [0.15, 0.2) is 6.07 Å². The molecule has 1 aromatic rings. The van der Waals surface area contributed by atoms with Crippen molar-refractivity contribution >= 4 is 5.97 Å². The second kappa shape index (κ2) is 2.85. The number of carboxylic acids is 1. The first kappa shape index (κ1) is 9.18. The summed E-state index contributed by atoms with van der Waals surface area (Å²) in [4.78, 5) is 10.5. The van der Waals surface area contributed by atoms with Crippen molar-refractivity contribution in [2.75, 3.05) is 0 Å². The molecular formula is C8H8O5. The molecule has 5 heteroatoms. The van der Waals surface area contributed by atoms with E-state index >= 15 is 0 Å². The molecule has 0 aromatic heterocycles. The number of benzene rings is 1. The van der Waals surface area contributed by atoms with Gasteiger partial charge in [0.15, 0.2) is 0 Å². The SMILES string of the molecule is Cc1c(O)cc(O)c(C(=O)O)c1O.